The Morgan fingerprint density at radius 1 is 1.11 bits per heavy atom. The minimum atomic E-state index is -0.640. The molecule has 0 unspecified atom stereocenters. The Kier molecular flexibility index (Phi) is 8.60. The molecule has 0 bridgehead atoms. The molecular formula is C20H21Cl2FN2O2S. The highest BCUT2D eigenvalue weighted by molar-refractivity contribution is 7.99. The number of amides is 2. The molecule has 1 atom stereocenters. The van der Waals surface area contributed by atoms with E-state index in [0.29, 0.717) is 15.8 Å². The molecular weight excluding hydrogens is 422 g/mol. The molecule has 0 saturated carbocycles. The van der Waals surface area contributed by atoms with Crippen molar-refractivity contribution < 1.29 is 14.0 Å². The molecule has 0 radical (unpaired) electrons. The average Bonchev–Trinajstić information content (AvgIpc) is 2.69. The van der Waals surface area contributed by atoms with Gasteiger partial charge in [-0.15, -0.1) is 11.8 Å². The van der Waals surface area contributed by atoms with E-state index in [9.17, 15) is 14.0 Å². The number of nitrogens with one attached hydrogen (secondary N) is 1. The fourth-order valence-electron chi connectivity index (χ4n) is 2.55. The topological polar surface area (TPSA) is 49.4 Å². The molecule has 1 N–H and O–H groups in total. The summed E-state index contributed by atoms with van der Waals surface area (Å²) in [4.78, 5) is 26.4. The highest BCUT2D eigenvalue weighted by Crippen LogP contribution is 2.24. The van der Waals surface area contributed by atoms with Crippen molar-refractivity contribution in [2.24, 2.45) is 0 Å². The van der Waals surface area contributed by atoms with Gasteiger partial charge >= 0.3 is 0 Å². The third-order valence-electron chi connectivity index (χ3n) is 4.16. The predicted octanol–water partition coefficient (Wildman–Crippen LogP) is 4.53. The lowest BCUT2D eigenvalue weighted by Crippen LogP contribution is -2.47. The number of benzene rings is 2. The van der Waals surface area contributed by atoms with Gasteiger partial charge in [0.25, 0.3) is 0 Å². The van der Waals surface area contributed by atoms with Gasteiger partial charge in [0, 0.05) is 19.3 Å². The zero-order valence-electron chi connectivity index (χ0n) is 15.5. The molecule has 0 aliphatic heterocycles. The first kappa shape index (κ1) is 22.5. The molecule has 2 aromatic carbocycles. The molecule has 28 heavy (non-hydrogen) atoms. The number of nitrogens with zero attached hydrogens (tertiary/aromatic N) is 1. The van der Waals surface area contributed by atoms with E-state index in [0.717, 1.165) is 11.1 Å². The van der Waals surface area contributed by atoms with Crippen molar-refractivity contribution in [1.29, 1.82) is 0 Å². The van der Waals surface area contributed by atoms with Crippen molar-refractivity contribution >= 4 is 46.8 Å². The van der Waals surface area contributed by atoms with Gasteiger partial charge in [0.05, 0.1) is 15.8 Å². The normalized spacial score (nSPS) is 11.8. The maximum absolute atomic E-state index is 13.0. The van der Waals surface area contributed by atoms with Crippen LogP contribution >= 0.6 is 35.0 Å². The second kappa shape index (κ2) is 10.7. The van der Waals surface area contributed by atoms with E-state index in [1.807, 2.05) is 0 Å². The van der Waals surface area contributed by atoms with Crippen LogP contribution in [-0.4, -0.2) is 35.6 Å². The van der Waals surface area contributed by atoms with Gasteiger partial charge in [-0.3, -0.25) is 9.59 Å². The average molecular weight is 443 g/mol. The van der Waals surface area contributed by atoms with Crippen molar-refractivity contribution in [3.63, 3.8) is 0 Å². The number of halogens is 3. The molecule has 4 nitrogen and oxygen atoms in total. The second-order valence-corrected chi connectivity index (χ2v) is 7.98. The summed E-state index contributed by atoms with van der Waals surface area (Å²) in [5, 5.41) is 3.39. The van der Waals surface area contributed by atoms with E-state index in [1.54, 1.807) is 37.3 Å². The van der Waals surface area contributed by atoms with Crippen molar-refractivity contribution in [3.8, 4) is 0 Å². The van der Waals surface area contributed by atoms with E-state index in [4.69, 9.17) is 23.2 Å². The fourth-order valence-corrected chi connectivity index (χ4v) is 3.74. The fraction of sp³-hybridized carbons (Fsp3) is 0.300. The Hall–Kier alpha value is -1.76. The van der Waals surface area contributed by atoms with Crippen LogP contribution in [0.3, 0.4) is 0 Å². The third kappa shape index (κ3) is 6.40. The summed E-state index contributed by atoms with van der Waals surface area (Å²) >= 11 is 13.4. The molecule has 0 aliphatic carbocycles. The van der Waals surface area contributed by atoms with E-state index in [-0.39, 0.29) is 29.9 Å². The molecule has 8 heteroatoms. The van der Waals surface area contributed by atoms with E-state index >= 15 is 0 Å². The Morgan fingerprint density at radius 2 is 1.75 bits per heavy atom. The van der Waals surface area contributed by atoms with Crippen LogP contribution < -0.4 is 5.32 Å². The third-order valence-corrected chi connectivity index (χ3v) is 5.89. The Bertz CT molecular complexity index is 833. The highest BCUT2D eigenvalue weighted by Gasteiger charge is 2.25. The number of carbonyl (C=O) groups is 2. The molecule has 0 aromatic heterocycles. The molecule has 150 valence electrons. The summed E-state index contributed by atoms with van der Waals surface area (Å²) in [7, 11) is 1.53. The van der Waals surface area contributed by atoms with Gasteiger partial charge in [0.2, 0.25) is 11.8 Å². The van der Waals surface area contributed by atoms with Gasteiger partial charge in [-0.05, 0) is 42.3 Å². The quantitative estimate of drug-likeness (QED) is 0.653. The van der Waals surface area contributed by atoms with Crippen LogP contribution in [0.2, 0.25) is 10.0 Å². The van der Waals surface area contributed by atoms with E-state index < -0.39 is 6.04 Å². The maximum atomic E-state index is 13.0. The monoisotopic (exact) mass is 442 g/mol. The second-order valence-electron chi connectivity index (χ2n) is 6.18. The molecule has 0 fully saturated rings. The number of hydrogen-bond acceptors (Lipinski definition) is 3. The number of likely N-dealkylation sites (N-methyl/N-ethyl adjacent to an activating group) is 1. The maximum Gasteiger partial charge on any atom is 0.242 e. The lowest BCUT2D eigenvalue weighted by Gasteiger charge is -2.28. The minimum absolute atomic E-state index is 0.172. The van der Waals surface area contributed by atoms with Gasteiger partial charge in [-0.2, -0.15) is 0 Å². The summed E-state index contributed by atoms with van der Waals surface area (Å²) in [5.74, 6) is 0.0457. The van der Waals surface area contributed by atoms with E-state index in [2.05, 4.69) is 5.32 Å². The Morgan fingerprint density at radius 3 is 2.36 bits per heavy atom. The summed E-state index contributed by atoms with van der Waals surface area (Å²) < 4.78 is 13.0. The number of carbonyl (C=O) groups excluding carboxylic acids is 2. The van der Waals surface area contributed by atoms with Crippen LogP contribution in [-0.2, 0) is 21.9 Å². The lowest BCUT2D eigenvalue weighted by molar-refractivity contribution is -0.138. The Labute approximate surface area is 178 Å². The van der Waals surface area contributed by atoms with Crippen LogP contribution in [0.4, 0.5) is 4.39 Å². The van der Waals surface area contributed by atoms with Crippen LogP contribution in [0.25, 0.3) is 0 Å². The number of hydrogen-bond donors (Lipinski definition) is 1. The van der Waals surface area contributed by atoms with Gasteiger partial charge in [-0.25, -0.2) is 4.39 Å². The molecule has 0 saturated heterocycles. The van der Waals surface area contributed by atoms with Crippen LogP contribution in [0.1, 0.15) is 18.1 Å². The van der Waals surface area contributed by atoms with Crippen molar-refractivity contribution in [2.75, 3.05) is 12.8 Å². The summed E-state index contributed by atoms with van der Waals surface area (Å²) in [6, 6.07) is 10.6. The van der Waals surface area contributed by atoms with E-state index in [1.165, 1.54) is 35.8 Å². The van der Waals surface area contributed by atoms with Crippen LogP contribution in [0, 0.1) is 5.82 Å². The summed E-state index contributed by atoms with van der Waals surface area (Å²) in [5.41, 5.74) is 1.71. The first-order valence-corrected chi connectivity index (χ1v) is 10.5. The lowest BCUT2D eigenvalue weighted by atomic mass is 10.1. The smallest absolute Gasteiger partial charge is 0.242 e. The highest BCUT2D eigenvalue weighted by atomic mass is 35.5. The van der Waals surface area contributed by atoms with Crippen molar-refractivity contribution in [3.05, 3.63) is 69.5 Å². The van der Waals surface area contributed by atoms with Gasteiger partial charge in [-0.1, -0.05) is 41.4 Å². The Balaban J connectivity index is 2.06. The predicted molar refractivity (Wildman–Crippen MR) is 113 cm³/mol. The number of thioether (sulfide) groups is 1. The van der Waals surface area contributed by atoms with Gasteiger partial charge < -0.3 is 10.2 Å². The first-order chi connectivity index (χ1) is 13.3. The summed E-state index contributed by atoms with van der Waals surface area (Å²) in [6.45, 7) is 1.92. The van der Waals surface area contributed by atoms with Gasteiger partial charge in [0.1, 0.15) is 11.9 Å². The molecule has 0 aliphatic rings. The molecule has 2 rings (SSSR count). The molecule has 0 heterocycles. The minimum Gasteiger partial charge on any atom is -0.357 e. The largest absolute Gasteiger partial charge is 0.357 e. The van der Waals surface area contributed by atoms with Crippen LogP contribution in [0.5, 0.6) is 0 Å². The standard InChI is InChI=1S/C20H21Cl2FN2O2S/c1-13(20(27)24-2)25(10-15-5-8-17(21)18(22)9-15)19(26)12-28-11-14-3-6-16(23)7-4-14/h3-9,13H,10-12H2,1-2H3,(H,24,27)/t13-/m1/s1. The van der Waals surface area contributed by atoms with Crippen molar-refractivity contribution in [2.45, 2.75) is 25.3 Å². The van der Waals surface area contributed by atoms with Gasteiger partial charge in [0.15, 0.2) is 0 Å². The molecule has 0 spiro atoms. The molecule has 2 aromatic rings. The summed E-state index contributed by atoms with van der Waals surface area (Å²) in [6.07, 6.45) is 0. The SMILES string of the molecule is CNC(=O)[C@@H](C)N(Cc1ccc(Cl)c(Cl)c1)C(=O)CSCc1ccc(F)cc1. The van der Waals surface area contributed by atoms with Crippen molar-refractivity contribution in [1.82, 2.24) is 10.2 Å². The zero-order chi connectivity index (χ0) is 20.7. The molecule has 2 amide bonds. The zero-order valence-corrected chi connectivity index (χ0v) is 17.9. The van der Waals surface area contributed by atoms with Crippen LogP contribution in [0.15, 0.2) is 42.5 Å². The first-order valence-electron chi connectivity index (χ1n) is 8.59. The number of rotatable bonds is 8.